The molecule has 1 heteroatoms. The average molecular weight is 390 g/mol. The lowest BCUT2D eigenvalue weighted by molar-refractivity contribution is 0.567. The summed E-state index contributed by atoms with van der Waals surface area (Å²) in [6.07, 6.45) is 8.11. The maximum Gasteiger partial charge on any atom is 0.166 e. The third-order valence-electron chi connectivity index (χ3n) is 5.38. The van der Waals surface area contributed by atoms with Gasteiger partial charge in [-0.15, -0.1) is 0 Å². The van der Waals surface area contributed by atoms with Crippen molar-refractivity contribution < 1.29 is 0 Å². The van der Waals surface area contributed by atoms with Crippen LogP contribution in [0.4, 0.5) is 0 Å². The van der Waals surface area contributed by atoms with E-state index in [1.54, 1.807) is 0 Å². The van der Waals surface area contributed by atoms with Crippen LogP contribution in [0.5, 0.6) is 0 Å². The van der Waals surface area contributed by atoms with Crippen LogP contribution >= 0.6 is 0 Å². The van der Waals surface area contributed by atoms with Crippen LogP contribution < -0.4 is 0 Å². The molecule has 0 heterocycles. The summed E-state index contributed by atoms with van der Waals surface area (Å²) in [7, 11) is -0.0453. The molecule has 0 bridgehead atoms. The van der Waals surface area contributed by atoms with Crippen molar-refractivity contribution in [1.82, 2.24) is 0 Å². The van der Waals surface area contributed by atoms with Crippen molar-refractivity contribution in [3.05, 3.63) is 90.5 Å². The van der Waals surface area contributed by atoms with E-state index in [0.29, 0.717) is 5.92 Å². The van der Waals surface area contributed by atoms with Gasteiger partial charge in [-0.3, -0.25) is 0 Å². The summed E-state index contributed by atoms with van der Waals surface area (Å²) in [6.45, 7) is 4.66. The number of rotatable bonds is 10. The van der Waals surface area contributed by atoms with Crippen molar-refractivity contribution in [2.45, 2.75) is 73.0 Å². The molecule has 3 aromatic rings. The van der Waals surface area contributed by atoms with Crippen molar-refractivity contribution in [3.8, 4) is 0 Å². The smallest absolute Gasteiger partial charge is 0.0654 e. The number of unbranched alkanes of at least 4 members (excludes halogenated alkanes) is 4. The van der Waals surface area contributed by atoms with Gasteiger partial charge in [-0.2, -0.15) is 0 Å². The van der Waals surface area contributed by atoms with Gasteiger partial charge in [0, 0.05) is 0 Å². The van der Waals surface area contributed by atoms with Crippen molar-refractivity contribution in [1.29, 1.82) is 0 Å². The maximum atomic E-state index is 2.38. The van der Waals surface area contributed by atoms with Crippen LogP contribution in [0, 0.1) is 0 Å². The first kappa shape index (κ1) is 20.7. The largest absolute Gasteiger partial charge is 0.166 e. The maximum absolute atomic E-state index is 2.38. The molecule has 146 valence electrons. The van der Waals surface area contributed by atoms with Gasteiger partial charge in [0.1, 0.15) is 0 Å². The Morgan fingerprint density at radius 1 is 0.607 bits per heavy atom. The normalized spacial score (nSPS) is 12.2. The number of hydrogen-bond donors (Lipinski definition) is 0. The Hall–Kier alpha value is -1.99. The highest BCUT2D eigenvalue weighted by Crippen LogP contribution is 2.32. The minimum Gasteiger partial charge on any atom is -0.0654 e. The first-order chi connectivity index (χ1) is 13.8. The van der Waals surface area contributed by atoms with Gasteiger partial charge in [0.05, 0.1) is 10.9 Å². The molecule has 28 heavy (non-hydrogen) atoms. The molecule has 0 aliphatic carbocycles. The summed E-state index contributed by atoms with van der Waals surface area (Å²) in [5.74, 6) is 0.644. The van der Waals surface area contributed by atoms with Crippen molar-refractivity contribution >= 4 is 10.9 Å². The van der Waals surface area contributed by atoms with E-state index in [2.05, 4.69) is 98.8 Å². The van der Waals surface area contributed by atoms with Crippen molar-refractivity contribution in [2.75, 3.05) is 0 Å². The Morgan fingerprint density at radius 3 is 1.64 bits per heavy atom. The summed E-state index contributed by atoms with van der Waals surface area (Å²) in [4.78, 5) is 4.16. The summed E-state index contributed by atoms with van der Waals surface area (Å²) < 4.78 is 0. The molecule has 3 aromatic carbocycles. The molecular weight excluding hydrogens is 356 g/mol. The van der Waals surface area contributed by atoms with Crippen LogP contribution in [0.1, 0.15) is 63.9 Å². The van der Waals surface area contributed by atoms with Crippen LogP contribution in [0.25, 0.3) is 0 Å². The van der Waals surface area contributed by atoms with Gasteiger partial charge in [0.15, 0.2) is 14.7 Å². The van der Waals surface area contributed by atoms with E-state index >= 15 is 0 Å². The van der Waals surface area contributed by atoms with Crippen molar-refractivity contribution in [2.24, 2.45) is 0 Å². The quantitative estimate of drug-likeness (QED) is 0.242. The predicted molar refractivity (Wildman–Crippen MR) is 123 cm³/mol. The third-order valence-corrected chi connectivity index (χ3v) is 7.61. The molecule has 1 unspecified atom stereocenters. The predicted octanol–water partition coefficient (Wildman–Crippen LogP) is 8.25. The molecule has 0 saturated carbocycles. The first-order valence-electron chi connectivity index (χ1n) is 10.7. The second-order valence-corrected chi connectivity index (χ2v) is 9.63. The van der Waals surface area contributed by atoms with E-state index in [9.17, 15) is 0 Å². The van der Waals surface area contributed by atoms with E-state index in [0.717, 1.165) is 0 Å². The fourth-order valence-corrected chi connectivity index (χ4v) is 5.76. The van der Waals surface area contributed by atoms with Gasteiger partial charge < -0.3 is 0 Å². The van der Waals surface area contributed by atoms with Gasteiger partial charge in [-0.25, -0.2) is 0 Å². The third kappa shape index (κ3) is 5.75. The zero-order valence-electron chi connectivity index (χ0n) is 17.3. The Kier molecular flexibility index (Phi) is 8.23. The second kappa shape index (κ2) is 11.1. The average Bonchev–Trinajstić information content (AvgIpc) is 2.76. The summed E-state index contributed by atoms with van der Waals surface area (Å²) in [5, 5.41) is 0. The molecule has 0 N–H and O–H groups in total. The molecule has 0 aliphatic heterocycles. The summed E-state index contributed by atoms with van der Waals surface area (Å²) >= 11 is 0. The Balaban J connectivity index is 1.74. The minimum atomic E-state index is -0.0453. The van der Waals surface area contributed by atoms with E-state index < -0.39 is 0 Å². The minimum absolute atomic E-state index is 0.0453. The topological polar surface area (TPSA) is 0 Å². The molecular formula is C27H33S+. The highest BCUT2D eigenvalue weighted by Gasteiger charge is 2.28. The molecule has 0 fully saturated rings. The fourth-order valence-electron chi connectivity index (χ4n) is 3.67. The van der Waals surface area contributed by atoms with Gasteiger partial charge in [-0.1, -0.05) is 94.5 Å². The molecule has 0 amide bonds. The Morgan fingerprint density at radius 2 is 1.11 bits per heavy atom. The molecule has 0 saturated heterocycles. The van der Waals surface area contributed by atoms with Crippen LogP contribution in [0.3, 0.4) is 0 Å². The van der Waals surface area contributed by atoms with E-state index in [1.165, 1.54) is 58.8 Å². The Bertz CT molecular complexity index is 753. The molecule has 0 aromatic heterocycles. The zero-order chi connectivity index (χ0) is 19.6. The molecule has 3 rings (SSSR count). The standard InChI is InChI=1S/C27H33S/c1-3-4-5-6-9-14-23(2)24-19-21-27(22-20-24)28(25-15-10-7-11-16-25)26-17-12-8-13-18-26/h7-8,10-13,15-23H,3-6,9,14H2,1-2H3/q+1. The second-order valence-electron chi connectivity index (χ2n) is 7.61. The van der Waals surface area contributed by atoms with Crippen LogP contribution in [0.15, 0.2) is 99.6 Å². The van der Waals surface area contributed by atoms with Crippen LogP contribution in [0.2, 0.25) is 0 Å². The molecule has 0 nitrogen and oxygen atoms in total. The highest BCUT2D eigenvalue weighted by atomic mass is 32.2. The van der Waals surface area contributed by atoms with Gasteiger partial charge in [-0.05, 0) is 54.3 Å². The molecule has 0 aliphatic rings. The highest BCUT2D eigenvalue weighted by molar-refractivity contribution is 7.97. The monoisotopic (exact) mass is 389 g/mol. The number of hydrogen-bond acceptors (Lipinski definition) is 0. The Labute approximate surface area is 174 Å². The van der Waals surface area contributed by atoms with E-state index in [4.69, 9.17) is 0 Å². The van der Waals surface area contributed by atoms with Gasteiger partial charge >= 0.3 is 0 Å². The molecule has 0 radical (unpaired) electrons. The lowest BCUT2D eigenvalue weighted by Crippen LogP contribution is -2.05. The van der Waals surface area contributed by atoms with E-state index in [-0.39, 0.29) is 10.9 Å². The summed E-state index contributed by atoms with van der Waals surface area (Å²) in [6, 6.07) is 31.2. The van der Waals surface area contributed by atoms with E-state index in [1.807, 2.05) is 0 Å². The summed E-state index contributed by atoms with van der Waals surface area (Å²) in [5.41, 5.74) is 1.48. The van der Waals surface area contributed by atoms with Crippen LogP contribution in [-0.4, -0.2) is 0 Å². The molecule has 1 atom stereocenters. The van der Waals surface area contributed by atoms with Crippen LogP contribution in [-0.2, 0) is 10.9 Å². The lowest BCUT2D eigenvalue weighted by Gasteiger charge is -2.13. The number of benzene rings is 3. The fraction of sp³-hybridized carbons (Fsp3) is 0.333. The first-order valence-corrected chi connectivity index (χ1v) is 12.0. The molecule has 0 spiro atoms. The SMILES string of the molecule is CCCCCCCC(C)c1ccc([S+](c2ccccc2)c2ccccc2)cc1. The zero-order valence-corrected chi connectivity index (χ0v) is 18.1. The van der Waals surface area contributed by atoms with Gasteiger partial charge in [0.2, 0.25) is 0 Å². The van der Waals surface area contributed by atoms with Gasteiger partial charge in [0.25, 0.3) is 0 Å². The van der Waals surface area contributed by atoms with Crippen molar-refractivity contribution in [3.63, 3.8) is 0 Å². The lowest BCUT2D eigenvalue weighted by atomic mass is 9.95.